The molecule has 1 fully saturated rings. The third-order valence-electron chi connectivity index (χ3n) is 3.39. The SMILES string of the molecule is CN=S(=O)(NC1CCCCC1)c1ccc(N)cc1. The maximum absolute atomic E-state index is 12.8. The smallest absolute Gasteiger partial charge is 0.137 e. The summed E-state index contributed by atoms with van der Waals surface area (Å²) in [6, 6.07) is 7.43. The normalized spacial score (nSPS) is 20.3. The lowest BCUT2D eigenvalue weighted by Gasteiger charge is -2.24. The van der Waals surface area contributed by atoms with Gasteiger partial charge in [0, 0.05) is 18.8 Å². The first-order chi connectivity index (χ1) is 8.64. The number of nitrogens with one attached hydrogen (secondary N) is 1. The van der Waals surface area contributed by atoms with E-state index in [1.807, 2.05) is 0 Å². The second-order valence-electron chi connectivity index (χ2n) is 4.73. The lowest BCUT2D eigenvalue weighted by molar-refractivity contribution is 0.418. The zero-order chi connectivity index (χ0) is 13.0. The fourth-order valence-corrected chi connectivity index (χ4v) is 3.97. The third kappa shape index (κ3) is 3.03. The third-order valence-corrected chi connectivity index (χ3v) is 5.47. The van der Waals surface area contributed by atoms with Crippen LogP contribution in [-0.4, -0.2) is 17.3 Å². The fraction of sp³-hybridized carbons (Fsp3) is 0.538. The Morgan fingerprint density at radius 1 is 1.22 bits per heavy atom. The summed E-state index contributed by atoms with van der Waals surface area (Å²) >= 11 is 0. The first-order valence-corrected chi connectivity index (χ1v) is 7.93. The highest BCUT2D eigenvalue weighted by molar-refractivity contribution is 7.91. The van der Waals surface area contributed by atoms with Crippen LogP contribution in [0.3, 0.4) is 0 Å². The minimum absolute atomic E-state index is 0.313. The van der Waals surface area contributed by atoms with E-state index in [9.17, 15) is 4.21 Å². The average molecular weight is 267 g/mol. The lowest BCUT2D eigenvalue weighted by Crippen LogP contribution is -2.36. The molecule has 0 bridgehead atoms. The summed E-state index contributed by atoms with van der Waals surface area (Å²) in [6.45, 7) is 0. The van der Waals surface area contributed by atoms with Gasteiger partial charge in [-0.15, -0.1) is 0 Å². The van der Waals surface area contributed by atoms with Gasteiger partial charge in [-0.1, -0.05) is 19.3 Å². The minimum Gasteiger partial charge on any atom is -0.399 e. The summed E-state index contributed by atoms with van der Waals surface area (Å²) in [4.78, 5) is 0.713. The maximum atomic E-state index is 12.8. The Bertz CT molecular complexity index is 497. The molecule has 0 amide bonds. The van der Waals surface area contributed by atoms with Gasteiger partial charge in [0.25, 0.3) is 0 Å². The highest BCUT2D eigenvalue weighted by Crippen LogP contribution is 2.21. The van der Waals surface area contributed by atoms with Crippen molar-refractivity contribution in [1.82, 2.24) is 4.72 Å². The van der Waals surface area contributed by atoms with Gasteiger partial charge in [-0.05, 0) is 37.1 Å². The Morgan fingerprint density at radius 3 is 2.39 bits per heavy atom. The molecule has 4 nitrogen and oxygen atoms in total. The van der Waals surface area contributed by atoms with Crippen LogP contribution in [0.5, 0.6) is 0 Å². The van der Waals surface area contributed by atoms with Gasteiger partial charge in [0.05, 0.1) is 4.90 Å². The molecule has 0 aromatic heterocycles. The van der Waals surface area contributed by atoms with Crippen LogP contribution in [0.1, 0.15) is 32.1 Å². The van der Waals surface area contributed by atoms with E-state index in [0.717, 1.165) is 12.8 Å². The van der Waals surface area contributed by atoms with Crippen LogP contribution in [0.25, 0.3) is 0 Å². The van der Waals surface area contributed by atoms with E-state index in [-0.39, 0.29) is 0 Å². The molecule has 1 aromatic rings. The van der Waals surface area contributed by atoms with Crippen LogP contribution in [-0.2, 0) is 9.92 Å². The van der Waals surface area contributed by atoms with Crippen LogP contribution in [0.2, 0.25) is 0 Å². The molecule has 0 heterocycles. The van der Waals surface area contributed by atoms with Gasteiger partial charge >= 0.3 is 0 Å². The van der Waals surface area contributed by atoms with Crippen LogP contribution in [0, 0.1) is 0 Å². The summed E-state index contributed by atoms with van der Waals surface area (Å²) in [5, 5.41) is 0. The maximum Gasteiger partial charge on any atom is 0.137 e. The van der Waals surface area contributed by atoms with Gasteiger partial charge in [0.2, 0.25) is 0 Å². The van der Waals surface area contributed by atoms with E-state index in [1.165, 1.54) is 19.3 Å². The van der Waals surface area contributed by atoms with Crippen LogP contribution in [0.4, 0.5) is 5.69 Å². The predicted molar refractivity (Wildman–Crippen MR) is 75.6 cm³/mol. The molecule has 2 rings (SSSR count). The van der Waals surface area contributed by atoms with E-state index in [0.29, 0.717) is 16.6 Å². The number of hydrogen-bond acceptors (Lipinski definition) is 3. The molecule has 1 atom stereocenters. The number of nitrogens with zero attached hydrogens (tertiary/aromatic N) is 1. The van der Waals surface area contributed by atoms with Crippen LogP contribution >= 0.6 is 0 Å². The molecule has 1 aromatic carbocycles. The molecule has 18 heavy (non-hydrogen) atoms. The van der Waals surface area contributed by atoms with Crippen molar-refractivity contribution >= 4 is 15.6 Å². The monoisotopic (exact) mass is 267 g/mol. The average Bonchev–Trinajstić information content (AvgIpc) is 2.40. The molecular formula is C13H21N3OS. The van der Waals surface area contributed by atoms with Gasteiger partial charge in [-0.2, -0.15) is 0 Å². The number of rotatable bonds is 3. The molecule has 1 aliphatic rings. The molecule has 100 valence electrons. The Labute approximate surface area is 109 Å². The highest BCUT2D eigenvalue weighted by atomic mass is 32.2. The lowest BCUT2D eigenvalue weighted by atomic mass is 9.96. The first-order valence-electron chi connectivity index (χ1n) is 6.42. The number of anilines is 1. The Balaban J connectivity index is 2.20. The number of nitrogens with two attached hydrogens (primary N) is 1. The molecule has 1 saturated carbocycles. The van der Waals surface area contributed by atoms with Gasteiger partial charge in [0.1, 0.15) is 9.92 Å². The number of nitrogen functional groups attached to an aromatic ring is 1. The van der Waals surface area contributed by atoms with Crippen molar-refractivity contribution in [3.05, 3.63) is 24.3 Å². The predicted octanol–water partition coefficient (Wildman–Crippen LogP) is 2.56. The van der Waals surface area contributed by atoms with Gasteiger partial charge in [-0.25, -0.2) is 13.3 Å². The van der Waals surface area contributed by atoms with E-state index < -0.39 is 9.92 Å². The Morgan fingerprint density at radius 2 is 1.83 bits per heavy atom. The summed E-state index contributed by atoms with van der Waals surface area (Å²) in [7, 11) is -0.897. The van der Waals surface area contributed by atoms with Crippen LogP contribution in [0.15, 0.2) is 33.5 Å². The molecule has 1 aliphatic carbocycles. The molecule has 0 radical (unpaired) electrons. The quantitative estimate of drug-likeness (QED) is 0.826. The molecule has 5 heteroatoms. The fourth-order valence-electron chi connectivity index (χ4n) is 2.32. The van der Waals surface area contributed by atoms with Gasteiger partial charge in [0.15, 0.2) is 0 Å². The highest BCUT2D eigenvalue weighted by Gasteiger charge is 2.19. The summed E-state index contributed by atoms with van der Waals surface area (Å²) < 4.78 is 20.1. The second kappa shape index (κ2) is 5.71. The Kier molecular flexibility index (Phi) is 4.24. The molecule has 0 aliphatic heterocycles. The van der Waals surface area contributed by atoms with Crippen molar-refractivity contribution < 1.29 is 4.21 Å². The van der Waals surface area contributed by atoms with Gasteiger partial charge < -0.3 is 5.73 Å². The van der Waals surface area contributed by atoms with Gasteiger partial charge in [-0.3, -0.25) is 0 Å². The molecular weight excluding hydrogens is 246 g/mol. The van der Waals surface area contributed by atoms with E-state index in [1.54, 1.807) is 31.3 Å². The van der Waals surface area contributed by atoms with Crippen molar-refractivity contribution in [1.29, 1.82) is 0 Å². The second-order valence-corrected chi connectivity index (χ2v) is 6.85. The standard InChI is InChI=1S/C13H21N3OS/c1-15-18(17,13-9-7-11(14)8-10-13)16-12-5-3-2-4-6-12/h7-10,12H,2-6,14H2,1H3,(H,15,16,17). The minimum atomic E-state index is -2.50. The molecule has 0 spiro atoms. The molecule has 1 unspecified atom stereocenters. The topological polar surface area (TPSA) is 67.5 Å². The molecule has 3 N–H and O–H groups in total. The van der Waals surface area contributed by atoms with E-state index in [2.05, 4.69) is 9.08 Å². The van der Waals surface area contributed by atoms with Crippen molar-refractivity contribution in [2.75, 3.05) is 12.8 Å². The summed E-state index contributed by atoms with van der Waals surface area (Å²) in [5.74, 6) is 0. The zero-order valence-corrected chi connectivity index (χ0v) is 11.6. The summed E-state index contributed by atoms with van der Waals surface area (Å²) in [5.41, 5.74) is 6.33. The summed E-state index contributed by atoms with van der Waals surface area (Å²) in [6.07, 6.45) is 5.87. The van der Waals surface area contributed by atoms with Crippen molar-refractivity contribution in [2.24, 2.45) is 4.36 Å². The van der Waals surface area contributed by atoms with Crippen molar-refractivity contribution in [3.8, 4) is 0 Å². The van der Waals surface area contributed by atoms with E-state index in [4.69, 9.17) is 5.73 Å². The molecule has 0 saturated heterocycles. The first kappa shape index (κ1) is 13.4. The van der Waals surface area contributed by atoms with E-state index >= 15 is 0 Å². The van der Waals surface area contributed by atoms with Crippen molar-refractivity contribution in [2.45, 2.75) is 43.0 Å². The Hall–Kier alpha value is -1.07. The number of hydrogen-bond donors (Lipinski definition) is 2. The zero-order valence-electron chi connectivity index (χ0n) is 10.8. The largest absolute Gasteiger partial charge is 0.399 e. The van der Waals surface area contributed by atoms with Crippen molar-refractivity contribution in [3.63, 3.8) is 0 Å². The number of benzene rings is 1. The van der Waals surface area contributed by atoms with Crippen LogP contribution < -0.4 is 10.5 Å².